The van der Waals surface area contributed by atoms with E-state index in [1.54, 1.807) is 0 Å². The largest absolute Gasteiger partial charge is 0.327 e. The Balaban J connectivity index is 1.36. The Morgan fingerprint density at radius 1 is 1.12 bits per heavy atom. The van der Waals surface area contributed by atoms with E-state index < -0.39 is 10.1 Å². The van der Waals surface area contributed by atoms with Gasteiger partial charge in [-0.25, -0.2) is 0 Å². The van der Waals surface area contributed by atoms with E-state index in [2.05, 4.69) is 0 Å². The first-order valence-corrected chi connectivity index (χ1v) is 7.81. The molecule has 0 aromatic carbocycles. The predicted molar refractivity (Wildman–Crippen MR) is 55.9 cm³/mol. The van der Waals surface area contributed by atoms with E-state index >= 15 is 0 Å². The number of hydrogen-bond donors (Lipinski definition) is 2. The molecule has 6 saturated carbocycles. The quantitative estimate of drug-likeness (QED) is 0.677. The second kappa shape index (κ2) is 1.99. The third-order valence-electron chi connectivity index (χ3n) is 6.88. The van der Waals surface area contributed by atoms with Gasteiger partial charge in [-0.1, -0.05) is 0 Å². The van der Waals surface area contributed by atoms with Crippen molar-refractivity contribution < 1.29 is 13.0 Å². The fourth-order valence-corrected chi connectivity index (χ4v) is 7.34. The molecule has 0 bridgehead atoms. The fourth-order valence-electron chi connectivity index (χ4n) is 6.79. The molecule has 88 valence electrons. The summed E-state index contributed by atoms with van der Waals surface area (Å²) in [6, 6.07) is 0.0134. The van der Waals surface area contributed by atoms with Crippen LogP contribution in [0.3, 0.4) is 0 Å². The first kappa shape index (κ1) is 8.89. The normalized spacial score (nSPS) is 67.8. The number of hydrogen-bond acceptors (Lipinski definition) is 3. The maximum absolute atomic E-state index is 10.7. The Kier molecular flexibility index (Phi) is 1.11. The molecule has 0 radical (unpaired) electrons. The van der Waals surface area contributed by atoms with E-state index in [4.69, 9.17) is 10.3 Å². The van der Waals surface area contributed by atoms with Crippen LogP contribution in [0.5, 0.6) is 0 Å². The number of nitrogens with two attached hydrogens (primary N) is 1. The minimum Gasteiger partial charge on any atom is -0.327 e. The summed E-state index contributed by atoms with van der Waals surface area (Å²) in [4.78, 5) is 0. The van der Waals surface area contributed by atoms with Crippen LogP contribution in [0.1, 0.15) is 6.42 Å². The predicted octanol–water partition coefficient (Wildman–Crippen LogP) is -0.0406. The average molecular weight is 241 g/mol. The average Bonchev–Trinajstić information content (AvgIpc) is 2.25. The van der Waals surface area contributed by atoms with Gasteiger partial charge in [0.1, 0.15) is 0 Å². The Hall–Kier alpha value is -0.130. The molecule has 16 heavy (non-hydrogen) atoms. The Bertz CT molecular complexity index is 463. The third-order valence-corrected chi connectivity index (χ3v) is 7.63. The summed E-state index contributed by atoms with van der Waals surface area (Å²) >= 11 is 0. The summed E-state index contributed by atoms with van der Waals surface area (Å²) in [6.07, 6.45) is 0.444. The molecule has 0 aromatic heterocycles. The van der Waals surface area contributed by atoms with Crippen LogP contribution in [0.15, 0.2) is 0 Å². The highest BCUT2D eigenvalue weighted by molar-refractivity contribution is 7.85. The zero-order chi connectivity index (χ0) is 11.0. The standard InChI is InChI=1S/C11H15NO3S/c12-3(1-2-16(13,14)15)11-8-5-4-6(8)10(11)7(4)9(5)11/h3-10H,1-2,12H2,(H,13,14,15). The molecular weight excluding hydrogens is 226 g/mol. The van der Waals surface area contributed by atoms with Crippen LogP contribution in [0, 0.1) is 46.8 Å². The molecule has 0 aromatic rings. The van der Waals surface area contributed by atoms with Gasteiger partial charge in [0.25, 0.3) is 10.1 Å². The maximum atomic E-state index is 10.7. The molecule has 3 N–H and O–H groups in total. The lowest BCUT2D eigenvalue weighted by Crippen LogP contribution is -3.07. The molecule has 1 atom stereocenters. The summed E-state index contributed by atoms with van der Waals surface area (Å²) in [5, 5.41) is 0. The minimum atomic E-state index is -3.84. The smallest absolute Gasteiger partial charge is 0.264 e. The summed E-state index contributed by atoms with van der Waals surface area (Å²) < 4.78 is 30.2. The van der Waals surface area contributed by atoms with E-state index in [-0.39, 0.29) is 11.8 Å². The van der Waals surface area contributed by atoms with E-state index in [0.717, 1.165) is 41.4 Å². The molecule has 0 heterocycles. The van der Waals surface area contributed by atoms with Crippen molar-refractivity contribution in [1.29, 1.82) is 0 Å². The van der Waals surface area contributed by atoms with Gasteiger partial charge >= 0.3 is 0 Å². The summed E-state index contributed by atoms with van der Waals surface area (Å²) in [7, 11) is -3.84. The second-order valence-electron chi connectivity index (χ2n) is 6.57. The number of rotatable bonds is 4. The summed E-state index contributed by atoms with van der Waals surface area (Å²) in [5.41, 5.74) is 6.55. The Morgan fingerprint density at radius 2 is 1.62 bits per heavy atom. The molecule has 6 fully saturated rings. The highest BCUT2D eigenvalue weighted by Gasteiger charge is 3.04. The molecule has 0 spiro atoms. The Labute approximate surface area is 94.3 Å². The van der Waals surface area contributed by atoms with Crippen LogP contribution in [-0.4, -0.2) is 24.8 Å². The monoisotopic (exact) mass is 241 g/mol. The lowest BCUT2D eigenvalue weighted by Gasteiger charge is -3.08. The van der Waals surface area contributed by atoms with Crippen molar-refractivity contribution in [2.45, 2.75) is 12.5 Å². The van der Waals surface area contributed by atoms with Crippen LogP contribution in [0.4, 0.5) is 0 Å². The van der Waals surface area contributed by atoms with E-state index in [0.29, 0.717) is 11.8 Å². The SMILES string of the molecule is NC(CCS(=O)(=O)O)C12C3C4C5C3C1C5C42. The van der Waals surface area contributed by atoms with Gasteiger partial charge in [0.2, 0.25) is 0 Å². The van der Waals surface area contributed by atoms with Gasteiger partial charge in [0.15, 0.2) is 0 Å². The van der Waals surface area contributed by atoms with Crippen molar-refractivity contribution in [2.75, 3.05) is 5.75 Å². The zero-order valence-electron chi connectivity index (χ0n) is 8.78. The minimum absolute atomic E-state index is 0.0134. The van der Waals surface area contributed by atoms with Crippen molar-refractivity contribution in [3.8, 4) is 0 Å². The van der Waals surface area contributed by atoms with Crippen molar-refractivity contribution >= 4 is 10.1 Å². The van der Waals surface area contributed by atoms with Crippen molar-refractivity contribution in [2.24, 2.45) is 52.6 Å². The van der Waals surface area contributed by atoms with Crippen LogP contribution < -0.4 is 5.73 Å². The van der Waals surface area contributed by atoms with Crippen LogP contribution in [-0.2, 0) is 10.1 Å². The molecule has 0 amide bonds. The lowest BCUT2D eigenvalue weighted by atomic mass is 8.96. The van der Waals surface area contributed by atoms with Gasteiger partial charge in [-0.05, 0) is 53.3 Å². The highest BCUT2D eigenvalue weighted by Crippen LogP contribution is 3.06. The maximum Gasteiger partial charge on any atom is 0.264 e. The van der Waals surface area contributed by atoms with Crippen LogP contribution in [0.25, 0.3) is 0 Å². The summed E-state index contributed by atoms with van der Waals surface area (Å²) in [6.45, 7) is 0. The Morgan fingerprint density at radius 3 is 2.06 bits per heavy atom. The fraction of sp³-hybridized carbons (Fsp3) is 1.00. The van der Waals surface area contributed by atoms with Gasteiger partial charge in [-0.3, -0.25) is 4.55 Å². The lowest BCUT2D eigenvalue weighted by molar-refractivity contribution is -0.618. The molecule has 5 heteroatoms. The van der Waals surface area contributed by atoms with E-state index in [1.807, 2.05) is 0 Å². The third kappa shape index (κ3) is 0.529. The topological polar surface area (TPSA) is 80.4 Å². The van der Waals surface area contributed by atoms with Gasteiger partial charge in [-0.15, -0.1) is 0 Å². The van der Waals surface area contributed by atoms with Crippen molar-refractivity contribution in [1.82, 2.24) is 0 Å². The highest BCUT2D eigenvalue weighted by atomic mass is 32.2. The second-order valence-corrected chi connectivity index (χ2v) is 8.14. The van der Waals surface area contributed by atoms with Gasteiger partial charge in [0.05, 0.1) is 5.75 Å². The molecule has 4 nitrogen and oxygen atoms in total. The van der Waals surface area contributed by atoms with Crippen LogP contribution in [0.2, 0.25) is 0 Å². The van der Waals surface area contributed by atoms with Gasteiger partial charge in [0, 0.05) is 6.04 Å². The first-order chi connectivity index (χ1) is 7.49. The molecule has 0 aliphatic heterocycles. The van der Waals surface area contributed by atoms with Crippen molar-refractivity contribution in [3.63, 3.8) is 0 Å². The van der Waals surface area contributed by atoms with Crippen molar-refractivity contribution in [3.05, 3.63) is 0 Å². The molecule has 0 saturated heterocycles. The molecular formula is C11H15NO3S. The first-order valence-electron chi connectivity index (χ1n) is 6.20. The van der Waals surface area contributed by atoms with Gasteiger partial charge in [-0.2, -0.15) is 8.42 Å². The summed E-state index contributed by atoms with van der Waals surface area (Å²) in [5.74, 6) is 6.42. The van der Waals surface area contributed by atoms with Crippen LogP contribution >= 0.6 is 0 Å². The molecule has 6 aliphatic rings. The van der Waals surface area contributed by atoms with E-state index in [1.165, 1.54) is 0 Å². The van der Waals surface area contributed by atoms with E-state index in [9.17, 15) is 8.42 Å². The zero-order valence-corrected chi connectivity index (χ0v) is 9.60. The molecule has 1 unspecified atom stereocenters. The van der Waals surface area contributed by atoms with Gasteiger partial charge < -0.3 is 5.73 Å². The molecule has 6 rings (SSSR count). The molecule has 6 aliphatic carbocycles.